The number of ether oxygens (including phenoxy) is 2. The van der Waals surface area contributed by atoms with Gasteiger partial charge in [-0.3, -0.25) is 14.9 Å². The number of rotatable bonds is 6. The third kappa shape index (κ3) is 4.94. The molecule has 2 amide bonds. The largest absolute Gasteiger partial charge is 0.379 e. The molecule has 0 spiro atoms. The Hall–Kier alpha value is -1.18. The fourth-order valence-corrected chi connectivity index (χ4v) is 2.62. The number of likely N-dealkylation sites (tertiary alicyclic amines) is 1. The van der Waals surface area contributed by atoms with E-state index in [1.165, 1.54) is 0 Å². The lowest BCUT2D eigenvalue weighted by molar-refractivity contribution is -0.137. The van der Waals surface area contributed by atoms with Crippen LogP contribution in [0.1, 0.15) is 19.8 Å². The maximum Gasteiger partial charge on any atom is 0.241 e. The van der Waals surface area contributed by atoms with Gasteiger partial charge >= 0.3 is 0 Å². The Balaban J connectivity index is 1.66. The third-order valence-corrected chi connectivity index (χ3v) is 3.85. The van der Waals surface area contributed by atoms with Gasteiger partial charge in [-0.05, 0) is 19.8 Å². The Morgan fingerprint density at radius 2 is 2.10 bits per heavy atom. The number of carbonyl (C=O) groups excluding carboxylic acids is 2. The third-order valence-electron chi connectivity index (χ3n) is 3.85. The predicted octanol–water partition coefficient (Wildman–Crippen LogP) is -0.881. The van der Waals surface area contributed by atoms with Gasteiger partial charge in [0.1, 0.15) is 6.04 Å². The quantitative estimate of drug-likeness (QED) is 0.623. The first kappa shape index (κ1) is 16.2. The zero-order valence-electron chi connectivity index (χ0n) is 12.6. The van der Waals surface area contributed by atoms with E-state index >= 15 is 0 Å². The molecule has 120 valence electrons. The first-order valence-electron chi connectivity index (χ1n) is 7.69. The standard InChI is InChI=1S/C14H25N3O4/c1-2-20-7-8-21-11-3-5-17(6-4-11)14(19)12-9-16-13(18)10-15-12/h11-12,15H,2-10H2,1H3,(H,16,18). The summed E-state index contributed by atoms with van der Waals surface area (Å²) in [6, 6.07) is -0.293. The number of nitrogens with zero attached hydrogens (tertiary/aromatic N) is 1. The molecular formula is C14H25N3O4. The molecule has 21 heavy (non-hydrogen) atoms. The molecule has 0 aromatic carbocycles. The summed E-state index contributed by atoms with van der Waals surface area (Å²) in [6.45, 7) is 5.93. The van der Waals surface area contributed by atoms with E-state index < -0.39 is 0 Å². The van der Waals surface area contributed by atoms with Crippen molar-refractivity contribution in [1.29, 1.82) is 0 Å². The number of piperidine rings is 1. The van der Waals surface area contributed by atoms with Crippen molar-refractivity contribution in [2.24, 2.45) is 0 Å². The van der Waals surface area contributed by atoms with Gasteiger partial charge in [-0.1, -0.05) is 0 Å². The van der Waals surface area contributed by atoms with E-state index in [2.05, 4.69) is 10.6 Å². The zero-order chi connectivity index (χ0) is 15.1. The van der Waals surface area contributed by atoms with Crippen molar-refractivity contribution in [3.8, 4) is 0 Å². The van der Waals surface area contributed by atoms with Gasteiger partial charge in [-0.25, -0.2) is 0 Å². The first-order valence-corrected chi connectivity index (χ1v) is 7.69. The molecule has 0 bridgehead atoms. The van der Waals surface area contributed by atoms with Crippen LogP contribution in [0.15, 0.2) is 0 Å². The summed E-state index contributed by atoms with van der Waals surface area (Å²) in [4.78, 5) is 25.2. The Morgan fingerprint density at radius 1 is 1.33 bits per heavy atom. The number of hydrogen-bond donors (Lipinski definition) is 2. The summed E-state index contributed by atoms with van der Waals surface area (Å²) in [7, 11) is 0. The lowest BCUT2D eigenvalue weighted by Crippen LogP contribution is -2.59. The van der Waals surface area contributed by atoms with Gasteiger partial charge in [0.2, 0.25) is 11.8 Å². The Kier molecular flexibility index (Phi) is 6.41. The van der Waals surface area contributed by atoms with Crippen molar-refractivity contribution in [2.45, 2.75) is 31.9 Å². The average Bonchev–Trinajstić information content (AvgIpc) is 2.52. The summed E-state index contributed by atoms with van der Waals surface area (Å²) in [5.41, 5.74) is 0. The normalized spacial score (nSPS) is 24.0. The number of piperazine rings is 1. The molecule has 2 heterocycles. The number of nitrogens with one attached hydrogen (secondary N) is 2. The fraction of sp³-hybridized carbons (Fsp3) is 0.857. The molecule has 2 rings (SSSR count). The molecule has 2 N–H and O–H groups in total. The summed E-state index contributed by atoms with van der Waals surface area (Å²) in [5, 5.41) is 5.69. The molecule has 0 saturated carbocycles. The SMILES string of the molecule is CCOCCOC1CCN(C(=O)C2CNC(=O)CN2)CC1. The van der Waals surface area contributed by atoms with E-state index in [-0.39, 0.29) is 30.5 Å². The number of amides is 2. The molecule has 0 aromatic heterocycles. The van der Waals surface area contributed by atoms with Crippen molar-refractivity contribution in [1.82, 2.24) is 15.5 Å². The Labute approximate surface area is 125 Å². The van der Waals surface area contributed by atoms with Gasteiger partial charge in [-0.2, -0.15) is 0 Å². The van der Waals surface area contributed by atoms with E-state index in [9.17, 15) is 9.59 Å². The van der Waals surface area contributed by atoms with E-state index in [1.807, 2.05) is 11.8 Å². The highest BCUT2D eigenvalue weighted by atomic mass is 16.5. The monoisotopic (exact) mass is 299 g/mol. The lowest BCUT2D eigenvalue weighted by atomic mass is 10.1. The van der Waals surface area contributed by atoms with Crippen LogP contribution in [0.25, 0.3) is 0 Å². The molecular weight excluding hydrogens is 274 g/mol. The molecule has 0 aromatic rings. The van der Waals surface area contributed by atoms with Crippen LogP contribution in [0.4, 0.5) is 0 Å². The summed E-state index contributed by atoms with van der Waals surface area (Å²) >= 11 is 0. The maximum atomic E-state index is 12.3. The van der Waals surface area contributed by atoms with E-state index in [0.717, 1.165) is 12.8 Å². The predicted molar refractivity (Wildman–Crippen MR) is 76.8 cm³/mol. The highest BCUT2D eigenvalue weighted by molar-refractivity contribution is 5.86. The number of carbonyl (C=O) groups is 2. The van der Waals surface area contributed by atoms with Crippen LogP contribution < -0.4 is 10.6 Å². The van der Waals surface area contributed by atoms with Gasteiger partial charge in [0, 0.05) is 26.2 Å². The van der Waals surface area contributed by atoms with Crippen LogP contribution in [0.5, 0.6) is 0 Å². The van der Waals surface area contributed by atoms with Gasteiger partial charge in [-0.15, -0.1) is 0 Å². The smallest absolute Gasteiger partial charge is 0.241 e. The minimum absolute atomic E-state index is 0.0551. The molecule has 1 unspecified atom stereocenters. The van der Waals surface area contributed by atoms with Crippen LogP contribution in [0, 0.1) is 0 Å². The van der Waals surface area contributed by atoms with Crippen molar-refractivity contribution in [3.63, 3.8) is 0 Å². The summed E-state index contributed by atoms with van der Waals surface area (Å²) in [6.07, 6.45) is 1.93. The Morgan fingerprint density at radius 3 is 2.71 bits per heavy atom. The topological polar surface area (TPSA) is 79.9 Å². The second kappa shape index (κ2) is 8.31. The van der Waals surface area contributed by atoms with Gasteiger partial charge < -0.3 is 19.7 Å². The Bertz CT molecular complexity index is 346. The molecule has 7 heteroatoms. The highest BCUT2D eigenvalue weighted by Crippen LogP contribution is 2.14. The van der Waals surface area contributed by atoms with Crippen molar-refractivity contribution < 1.29 is 19.1 Å². The molecule has 0 aliphatic carbocycles. The van der Waals surface area contributed by atoms with Crippen molar-refractivity contribution in [3.05, 3.63) is 0 Å². The van der Waals surface area contributed by atoms with E-state index in [4.69, 9.17) is 9.47 Å². The first-order chi connectivity index (χ1) is 10.2. The maximum absolute atomic E-state index is 12.3. The highest BCUT2D eigenvalue weighted by Gasteiger charge is 2.30. The molecule has 0 radical (unpaired) electrons. The van der Waals surface area contributed by atoms with Crippen LogP contribution in [0.3, 0.4) is 0 Å². The molecule has 2 aliphatic rings. The average molecular weight is 299 g/mol. The minimum Gasteiger partial charge on any atom is -0.379 e. The van der Waals surface area contributed by atoms with Gasteiger partial charge in [0.15, 0.2) is 0 Å². The van der Waals surface area contributed by atoms with Crippen molar-refractivity contribution >= 4 is 11.8 Å². The van der Waals surface area contributed by atoms with Gasteiger partial charge in [0.05, 0.1) is 25.9 Å². The molecule has 2 saturated heterocycles. The van der Waals surface area contributed by atoms with Gasteiger partial charge in [0.25, 0.3) is 0 Å². The minimum atomic E-state index is -0.293. The fourth-order valence-electron chi connectivity index (χ4n) is 2.62. The second-order valence-corrected chi connectivity index (χ2v) is 5.33. The summed E-state index contributed by atoms with van der Waals surface area (Å²) < 4.78 is 11.0. The second-order valence-electron chi connectivity index (χ2n) is 5.33. The van der Waals surface area contributed by atoms with Crippen LogP contribution in [0.2, 0.25) is 0 Å². The van der Waals surface area contributed by atoms with E-state index in [1.54, 1.807) is 0 Å². The van der Waals surface area contributed by atoms with Crippen LogP contribution >= 0.6 is 0 Å². The van der Waals surface area contributed by atoms with Crippen LogP contribution in [-0.2, 0) is 19.1 Å². The molecule has 2 aliphatic heterocycles. The molecule has 2 fully saturated rings. The van der Waals surface area contributed by atoms with E-state index in [0.29, 0.717) is 39.5 Å². The molecule has 1 atom stereocenters. The van der Waals surface area contributed by atoms with Crippen molar-refractivity contribution in [2.75, 3.05) is 46.0 Å². The molecule has 7 nitrogen and oxygen atoms in total. The number of hydrogen-bond acceptors (Lipinski definition) is 5. The summed E-state index contributed by atoms with van der Waals surface area (Å²) in [5.74, 6) is 0.0169. The van der Waals surface area contributed by atoms with Crippen LogP contribution in [-0.4, -0.2) is 74.9 Å². The zero-order valence-corrected chi connectivity index (χ0v) is 12.6. The lowest BCUT2D eigenvalue weighted by Gasteiger charge is -2.35.